The number of ether oxygens (including phenoxy) is 2. The fraction of sp³-hybridized carbons (Fsp3) is 0.562. The van der Waals surface area contributed by atoms with Crippen LogP contribution in [0.3, 0.4) is 0 Å². The highest BCUT2D eigenvalue weighted by molar-refractivity contribution is 5.81. The Bertz CT molecular complexity index is 526. The van der Waals surface area contributed by atoms with E-state index in [0.717, 1.165) is 30.8 Å². The lowest BCUT2D eigenvalue weighted by molar-refractivity contribution is -0.131. The number of benzene rings is 1. The third kappa shape index (κ3) is 2.76. The third-order valence-corrected chi connectivity index (χ3v) is 4.32. The molecule has 2 heterocycles. The second-order valence-corrected chi connectivity index (χ2v) is 5.95. The van der Waals surface area contributed by atoms with E-state index < -0.39 is 0 Å². The first-order valence-corrected chi connectivity index (χ1v) is 7.43. The highest BCUT2D eigenvalue weighted by Gasteiger charge is 2.40. The van der Waals surface area contributed by atoms with Gasteiger partial charge in [0.1, 0.15) is 11.9 Å². The minimum absolute atomic E-state index is 0.114. The number of carbonyl (C=O) groups excluding carboxylic acids is 1. The van der Waals surface area contributed by atoms with Gasteiger partial charge in [-0.1, -0.05) is 18.2 Å². The van der Waals surface area contributed by atoms with Gasteiger partial charge in [-0.15, -0.1) is 0 Å². The monoisotopic (exact) mass is 290 g/mol. The van der Waals surface area contributed by atoms with Crippen LogP contribution in [0.25, 0.3) is 0 Å². The summed E-state index contributed by atoms with van der Waals surface area (Å²) in [6.45, 7) is 3.84. The van der Waals surface area contributed by atoms with Crippen LogP contribution >= 0.6 is 0 Å². The zero-order chi connectivity index (χ0) is 14.9. The van der Waals surface area contributed by atoms with Gasteiger partial charge in [-0.25, -0.2) is 0 Å². The summed E-state index contributed by atoms with van der Waals surface area (Å²) in [7, 11) is 1.65. The number of para-hydroxylation sites is 1. The molecule has 1 aromatic carbocycles. The van der Waals surface area contributed by atoms with Crippen molar-refractivity contribution in [1.29, 1.82) is 0 Å². The van der Waals surface area contributed by atoms with Gasteiger partial charge in [0, 0.05) is 12.2 Å². The van der Waals surface area contributed by atoms with Crippen molar-refractivity contribution in [3.05, 3.63) is 29.8 Å². The molecule has 1 N–H and O–H groups in total. The molecule has 114 valence electrons. The van der Waals surface area contributed by atoms with Gasteiger partial charge in [0.05, 0.1) is 25.8 Å². The summed E-state index contributed by atoms with van der Waals surface area (Å²) >= 11 is 0. The van der Waals surface area contributed by atoms with Gasteiger partial charge in [0.15, 0.2) is 0 Å². The van der Waals surface area contributed by atoms with Crippen LogP contribution in [0, 0.1) is 0 Å². The minimum Gasteiger partial charge on any atom is -0.496 e. The van der Waals surface area contributed by atoms with E-state index in [4.69, 9.17) is 9.47 Å². The van der Waals surface area contributed by atoms with E-state index in [0.29, 0.717) is 13.1 Å². The van der Waals surface area contributed by atoms with Crippen molar-refractivity contribution in [3.8, 4) is 5.75 Å². The molecule has 2 atom stereocenters. The second-order valence-electron chi connectivity index (χ2n) is 5.95. The Hall–Kier alpha value is -1.59. The molecular formula is C16H22N2O3. The zero-order valence-electron chi connectivity index (χ0n) is 12.6. The van der Waals surface area contributed by atoms with E-state index in [1.807, 2.05) is 29.2 Å². The van der Waals surface area contributed by atoms with Crippen molar-refractivity contribution in [2.75, 3.05) is 26.8 Å². The fourth-order valence-corrected chi connectivity index (χ4v) is 3.21. The van der Waals surface area contributed by atoms with Crippen LogP contribution < -0.4 is 10.1 Å². The van der Waals surface area contributed by atoms with Gasteiger partial charge < -0.3 is 14.4 Å². The van der Waals surface area contributed by atoms with Crippen LogP contribution in [-0.4, -0.2) is 43.2 Å². The Morgan fingerprint density at radius 2 is 2.29 bits per heavy atom. The van der Waals surface area contributed by atoms with E-state index in [1.165, 1.54) is 0 Å². The topological polar surface area (TPSA) is 50.8 Å². The van der Waals surface area contributed by atoms with Crippen LogP contribution in [0.2, 0.25) is 0 Å². The Kier molecular flexibility index (Phi) is 3.87. The van der Waals surface area contributed by atoms with Crippen LogP contribution in [-0.2, 0) is 9.53 Å². The molecule has 2 saturated heterocycles. The number of hydrogen-bond acceptors (Lipinski definition) is 4. The molecule has 1 aromatic rings. The molecule has 2 unspecified atom stereocenters. The molecule has 0 saturated carbocycles. The highest BCUT2D eigenvalue weighted by atomic mass is 16.5. The first-order chi connectivity index (χ1) is 10.1. The van der Waals surface area contributed by atoms with Gasteiger partial charge in [-0.2, -0.15) is 0 Å². The Balaban J connectivity index is 1.85. The number of nitrogens with one attached hydrogen (secondary N) is 1. The van der Waals surface area contributed by atoms with Crippen molar-refractivity contribution in [1.82, 2.24) is 10.2 Å². The van der Waals surface area contributed by atoms with Crippen LogP contribution in [0.5, 0.6) is 5.75 Å². The van der Waals surface area contributed by atoms with Crippen LogP contribution in [0.1, 0.15) is 31.5 Å². The van der Waals surface area contributed by atoms with E-state index in [-0.39, 0.29) is 17.7 Å². The molecule has 0 aromatic heterocycles. The maximum atomic E-state index is 12.3. The quantitative estimate of drug-likeness (QED) is 0.917. The molecule has 2 aliphatic heterocycles. The maximum absolute atomic E-state index is 12.3. The lowest BCUT2D eigenvalue weighted by Crippen LogP contribution is -2.43. The highest BCUT2D eigenvalue weighted by Crippen LogP contribution is 2.34. The maximum Gasteiger partial charge on any atom is 0.238 e. The average Bonchev–Trinajstić information content (AvgIpc) is 3.07. The Labute approximate surface area is 125 Å². The largest absolute Gasteiger partial charge is 0.496 e. The van der Waals surface area contributed by atoms with Crippen molar-refractivity contribution >= 4 is 5.91 Å². The van der Waals surface area contributed by atoms with Crippen molar-refractivity contribution in [3.63, 3.8) is 0 Å². The number of rotatable bonds is 4. The average molecular weight is 290 g/mol. The molecule has 0 aliphatic carbocycles. The summed E-state index contributed by atoms with van der Waals surface area (Å²) in [5.74, 6) is 0.912. The van der Waals surface area contributed by atoms with Crippen LogP contribution in [0.4, 0.5) is 0 Å². The SMILES string of the molecule is COc1ccccc1C1NCC(=O)N1CC1(C)CCCO1. The van der Waals surface area contributed by atoms with E-state index >= 15 is 0 Å². The Morgan fingerprint density at radius 1 is 1.48 bits per heavy atom. The zero-order valence-corrected chi connectivity index (χ0v) is 12.6. The molecule has 0 radical (unpaired) electrons. The number of hydrogen-bond donors (Lipinski definition) is 1. The molecular weight excluding hydrogens is 268 g/mol. The summed E-state index contributed by atoms with van der Waals surface area (Å²) in [5, 5.41) is 3.28. The number of amides is 1. The predicted octanol–water partition coefficient (Wildman–Crippen LogP) is 1.69. The normalized spacial score (nSPS) is 29.1. The molecule has 0 spiro atoms. The van der Waals surface area contributed by atoms with E-state index in [2.05, 4.69) is 12.2 Å². The summed E-state index contributed by atoms with van der Waals surface area (Å²) in [5.41, 5.74) is 0.759. The minimum atomic E-state index is -0.234. The molecule has 2 aliphatic rings. The van der Waals surface area contributed by atoms with Crippen LogP contribution in [0.15, 0.2) is 24.3 Å². The predicted molar refractivity (Wildman–Crippen MR) is 79.0 cm³/mol. The molecule has 21 heavy (non-hydrogen) atoms. The number of nitrogens with zero attached hydrogens (tertiary/aromatic N) is 1. The summed E-state index contributed by atoms with van der Waals surface area (Å²) in [6.07, 6.45) is 1.91. The molecule has 1 amide bonds. The second kappa shape index (κ2) is 5.66. The molecule has 0 bridgehead atoms. The van der Waals surface area contributed by atoms with Gasteiger partial charge in [0.2, 0.25) is 5.91 Å². The summed E-state index contributed by atoms with van der Waals surface area (Å²) in [6, 6.07) is 7.82. The number of carbonyl (C=O) groups is 1. The lowest BCUT2D eigenvalue weighted by atomic mass is 10.0. The van der Waals surface area contributed by atoms with Crippen molar-refractivity contribution in [2.45, 2.75) is 31.5 Å². The van der Waals surface area contributed by atoms with Gasteiger partial charge in [0.25, 0.3) is 0 Å². The Morgan fingerprint density at radius 3 is 3.00 bits per heavy atom. The van der Waals surface area contributed by atoms with Crippen molar-refractivity contribution in [2.24, 2.45) is 0 Å². The number of methoxy groups -OCH3 is 1. The summed E-state index contributed by atoms with van der Waals surface area (Å²) < 4.78 is 11.3. The van der Waals surface area contributed by atoms with Crippen molar-refractivity contribution < 1.29 is 14.3 Å². The smallest absolute Gasteiger partial charge is 0.238 e. The molecule has 5 nitrogen and oxygen atoms in total. The lowest BCUT2D eigenvalue weighted by Gasteiger charge is -2.33. The van der Waals surface area contributed by atoms with Gasteiger partial charge >= 0.3 is 0 Å². The van der Waals surface area contributed by atoms with E-state index in [9.17, 15) is 4.79 Å². The molecule has 5 heteroatoms. The summed E-state index contributed by atoms with van der Waals surface area (Å²) in [4.78, 5) is 14.1. The van der Waals surface area contributed by atoms with Gasteiger partial charge in [-0.3, -0.25) is 10.1 Å². The standard InChI is InChI=1S/C16H22N2O3/c1-16(8-5-9-21-16)11-18-14(19)10-17-15(18)12-6-3-4-7-13(12)20-2/h3-4,6-7,15,17H,5,8-11H2,1-2H3. The third-order valence-electron chi connectivity index (χ3n) is 4.32. The van der Waals surface area contributed by atoms with Gasteiger partial charge in [-0.05, 0) is 25.8 Å². The van der Waals surface area contributed by atoms with E-state index in [1.54, 1.807) is 7.11 Å². The molecule has 2 fully saturated rings. The first-order valence-electron chi connectivity index (χ1n) is 7.43. The molecule has 3 rings (SSSR count). The fourth-order valence-electron chi connectivity index (χ4n) is 3.21. The first kappa shape index (κ1) is 14.4.